The lowest BCUT2D eigenvalue weighted by Gasteiger charge is -2.31. The number of alkyl halides is 3. The molecule has 140 valence electrons. The summed E-state index contributed by atoms with van der Waals surface area (Å²) >= 11 is 0. The molecule has 1 fully saturated rings. The standard InChI is InChI=1S/C20H23F3N2O/c1-24-11-6-10-17(24)18-9-3-2-4-12-25(18)19(26)14-15-7-5-8-16(13-15)20(21,22)23/h5-8,10-11,13,18H,2-4,9,12,14H2,1H3. The van der Waals surface area contributed by atoms with E-state index in [9.17, 15) is 18.0 Å². The molecular weight excluding hydrogens is 341 g/mol. The van der Waals surface area contributed by atoms with Crippen molar-refractivity contribution in [2.75, 3.05) is 6.54 Å². The van der Waals surface area contributed by atoms with Gasteiger partial charge in [0.1, 0.15) is 0 Å². The van der Waals surface area contributed by atoms with Crippen LogP contribution in [0, 0.1) is 0 Å². The second kappa shape index (κ2) is 7.56. The van der Waals surface area contributed by atoms with Crippen LogP contribution in [0.15, 0.2) is 42.6 Å². The third kappa shape index (κ3) is 4.11. The minimum Gasteiger partial charge on any atom is -0.353 e. The van der Waals surface area contributed by atoms with E-state index in [-0.39, 0.29) is 18.4 Å². The van der Waals surface area contributed by atoms with Gasteiger partial charge in [-0.05, 0) is 36.6 Å². The van der Waals surface area contributed by atoms with E-state index in [2.05, 4.69) is 0 Å². The third-order valence-corrected chi connectivity index (χ3v) is 5.01. The predicted octanol–water partition coefficient (Wildman–Crippen LogP) is 4.73. The Morgan fingerprint density at radius 3 is 2.65 bits per heavy atom. The molecule has 3 rings (SSSR count). The molecule has 0 radical (unpaired) electrons. The van der Waals surface area contributed by atoms with Gasteiger partial charge in [-0.3, -0.25) is 4.79 Å². The normalized spacial score (nSPS) is 18.6. The van der Waals surface area contributed by atoms with Gasteiger partial charge in [-0.15, -0.1) is 0 Å². The lowest BCUT2D eigenvalue weighted by Crippen LogP contribution is -2.36. The maximum atomic E-state index is 12.9. The van der Waals surface area contributed by atoms with E-state index in [4.69, 9.17) is 0 Å². The van der Waals surface area contributed by atoms with Crippen LogP contribution in [0.4, 0.5) is 13.2 Å². The van der Waals surface area contributed by atoms with Gasteiger partial charge in [0, 0.05) is 25.5 Å². The first-order valence-corrected chi connectivity index (χ1v) is 8.93. The molecule has 0 N–H and O–H groups in total. The lowest BCUT2D eigenvalue weighted by atomic mass is 10.0. The Balaban J connectivity index is 1.81. The summed E-state index contributed by atoms with van der Waals surface area (Å²) in [5.74, 6) is -0.113. The van der Waals surface area contributed by atoms with Crippen LogP contribution in [-0.4, -0.2) is 21.9 Å². The second-order valence-electron chi connectivity index (χ2n) is 6.87. The first-order chi connectivity index (χ1) is 12.4. The van der Waals surface area contributed by atoms with Gasteiger partial charge in [0.15, 0.2) is 0 Å². The fourth-order valence-corrected chi connectivity index (χ4v) is 3.67. The summed E-state index contributed by atoms with van der Waals surface area (Å²) in [5.41, 5.74) is 0.765. The molecule has 0 bridgehead atoms. The molecule has 1 aliphatic heterocycles. The van der Waals surface area contributed by atoms with Crippen LogP contribution in [-0.2, 0) is 24.4 Å². The van der Waals surface area contributed by atoms with Crippen LogP contribution in [0.25, 0.3) is 0 Å². The molecule has 0 aliphatic carbocycles. The summed E-state index contributed by atoms with van der Waals surface area (Å²) in [6.07, 6.45) is 1.46. The Bertz CT molecular complexity index is 766. The zero-order valence-corrected chi connectivity index (χ0v) is 14.8. The zero-order chi connectivity index (χ0) is 18.7. The number of likely N-dealkylation sites (tertiary alicyclic amines) is 1. The number of rotatable bonds is 3. The maximum absolute atomic E-state index is 12.9. The molecule has 3 nitrogen and oxygen atoms in total. The Labute approximate surface area is 151 Å². The number of halogens is 3. The zero-order valence-electron chi connectivity index (χ0n) is 14.8. The average molecular weight is 364 g/mol. The molecule has 1 aromatic heterocycles. The summed E-state index contributed by atoms with van der Waals surface area (Å²) in [6.45, 7) is 0.646. The van der Waals surface area contributed by atoms with Crippen molar-refractivity contribution in [1.29, 1.82) is 0 Å². The van der Waals surface area contributed by atoms with Crippen LogP contribution < -0.4 is 0 Å². The molecule has 2 heterocycles. The molecule has 1 saturated heterocycles. The van der Waals surface area contributed by atoms with Gasteiger partial charge in [-0.2, -0.15) is 13.2 Å². The topological polar surface area (TPSA) is 25.2 Å². The number of benzene rings is 1. The largest absolute Gasteiger partial charge is 0.416 e. The van der Waals surface area contributed by atoms with Crippen molar-refractivity contribution in [3.05, 3.63) is 59.4 Å². The van der Waals surface area contributed by atoms with E-state index in [0.29, 0.717) is 12.1 Å². The van der Waals surface area contributed by atoms with Crippen molar-refractivity contribution in [1.82, 2.24) is 9.47 Å². The van der Waals surface area contributed by atoms with E-state index in [1.807, 2.05) is 34.8 Å². The fourth-order valence-electron chi connectivity index (χ4n) is 3.67. The van der Waals surface area contributed by atoms with E-state index in [1.54, 1.807) is 6.07 Å². The molecule has 1 atom stereocenters. The molecule has 2 aromatic rings. The van der Waals surface area contributed by atoms with Crippen molar-refractivity contribution in [2.24, 2.45) is 7.05 Å². The molecular formula is C20H23F3N2O. The summed E-state index contributed by atoms with van der Waals surface area (Å²) in [6, 6.07) is 9.01. The van der Waals surface area contributed by atoms with Gasteiger partial charge in [0.25, 0.3) is 0 Å². The summed E-state index contributed by atoms with van der Waals surface area (Å²) in [7, 11) is 1.95. The monoisotopic (exact) mass is 364 g/mol. The number of hydrogen-bond donors (Lipinski definition) is 0. The van der Waals surface area contributed by atoms with Gasteiger partial charge in [0.05, 0.1) is 18.0 Å². The fraction of sp³-hybridized carbons (Fsp3) is 0.450. The van der Waals surface area contributed by atoms with Gasteiger partial charge in [0.2, 0.25) is 5.91 Å². The van der Waals surface area contributed by atoms with Crippen molar-refractivity contribution in [3.8, 4) is 0 Å². The molecule has 1 aromatic carbocycles. The molecule has 1 amide bonds. The summed E-state index contributed by atoms with van der Waals surface area (Å²) < 4.78 is 40.7. The highest BCUT2D eigenvalue weighted by Gasteiger charge is 2.31. The van der Waals surface area contributed by atoms with Crippen LogP contribution in [0.2, 0.25) is 0 Å². The lowest BCUT2D eigenvalue weighted by molar-refractivity contribution is -0.138. The maximum Gasteiger partial charge on any atom is 0.416 e. The number of aromatic nitrogens is 1. The number of nitrogens with zero attached hydrogens (tertiary/aromatic N) is 2. The Hall–Kier alpha value is -2.24. The Morgan fingerprint density at radius 2 is 1.96 bits per heavy atom. The first-order valence-electron chi connectivity index (χ1n) is 8.93. The Kier molecular flexibility index (Phi) is 5.39. The number of aryl methyl sites for hydroxylation is 1. The van der Waals surface area contributed by atoms with Crippen LogP contribution >= 0.6 is 0 Å². The molecule has 26 heavy (non-hydrogen) atoms. The number of hydrogen-bond acceptors (Lipinski definition) is 1. The molecule has 1 aliphatic rings. The van der Waals surface area contributed by atoms with E-state index < -0.39 is 11.7 Å². The second-order valence-corrected chi connectivity index (χ2v) is 6.87. The predicted molar refractivity (Wildman–Crippen MR) is 93.5 cm³/mol. The quantitative estimate of drug-likeness (QED) is 0.773. The molecule has 0 spiro atoms. The minimum absolute atomic E-state index is 0.00908. The van der Waals surface area contributed by atoms with E-state index in [1.165, 1.54) is 6.07 Å². The van der Waals surface area contributed by atoms with Crippen LogP contribution in [0.5, 0.6) is 0 Å². The van der Waals surface area contributed by atoms with Crippen molar-refractivity contribution >= 4 is 5.91 Å². The van der Waals surface area contributed by atoms with E-state index >= 15 is 0 Å². The Morgan fingerprint density at radius 1 is 1.15 bits per heavy atom. The van der Waals surface area contributed by atoms with Crippen LogP contribution in [0.1, 0.15) is 48.5 Å². The van der Waals surface area contributed by atoms with Crippen molar-refractivity contribution in [3.63, 3.8) is 0 Å². The molecule has 1 unspecified atom stereocenters. The SMILES string of the molecule is Cn1cccc1C1CCCCCN1C(=O)Cc1cccc(C(F)(F)F)c1. The van der Waals surface area contributed by atoms with Gasteiger partial charge < -0.3 is 9.47 Å². The minimum atomic E-state index is -4.40. The highest BCUT2D eigenvalue weighted by molar-refractivity contribution is 5.79. The van der Waals surface area contributed by atoms with Gasteiger partial charge in [-0.25, -0.2) is 0 Å². The number of carbonyl (C=O) groups is 1. The van der Waals surface area contributed by atoms with Crippen molar-refractivity contribution < 1.29 is 18.0 Å². The average Bonchev–Trinajstić information content (AvgIpc) is 2.87. The summed E-state index contributed by atoms with van der Waals surface area (Å²) in [5, 5.41) is 0. The number of amides is 1. The smallest absolute Gasteiger partial charge is 0.353 e. The van der Waals surface area contributed by atoms with Crippen LogP contribution in [0.3, 0.4) is 0 Å². The molecule has 0 saturated carbocycles. The first kappa shape index (κ1) is 18.5. The number of carbonyl (C=O) groups excluding carboxylic acids is 1. The third-order valence-electron chi connectivity index (χ3n) is 5.01. The molecule has 6 heteroatoms. The highest BCUT2D eigenvalue weighted by Crippen LogP contribution is 2.32. The van der Waals surface area contributed by atoms with Crippen molar-refractivity contribution in [2.45, 2.75) is 44.3 Å². The van der Waals surface area contributed by atoms with E-state index in [0.717, 1.165) is 43.5 Å². The highest BCUT2D eigenvalue weighted by atomic mass is 19.4. The summed E-state index contributed by atoms with van der Waals surface area (Å²) in [4.78, 5) is 14.8. The van der Waals surface area contributed by atoms with Gasteiger partial charge in [-0.1, -0.05) is 31.0 Å². The van der Waals surface area contributed by atoms with Gasteiger partial charge >= 0.3 is 6.18 Å².